The van der Waals surface area contributed by atoms with Gasteiger partial charge in [0.05, 0.1) is 0 Å². The first-order valence-electron chi connectivity index (χ1n) is 2.63. The molecular formula is C6H10Cl3. The second kappa shape index (κ2) is 2.86. The van der Waals surface area contributed by atoms with Gasteiger partial charge in [-0.2, -0.15) is 0 Å². The van der Waals surface area contributed by atoms with E-state index in [0.29, 0.717) is 6.42 Å². The molecule has 0 atom stereocenters. The summed E-state index contributed by atoms with van der Waals surface area (Å²) >= 11 is 16.5. The second-order valence-corrected chi connectivity index (χ2v) is 5.47. The van der Waals surface area contributed by atoms with Crippen molar-refractivity contribution in [3.8, 4) is 0 Å². The zero-order chi connectivity index (χ0) is 7.71. The van der Waals surface area contributed by atoms with Crippen molar-refractivity contribution in [2.75, 3.05) is 0 Å². The summed E-state index contributed by atoms with van der Waals surface area (Å²) in [5, 5.41) is 0. The molecule has 0 fully saturated rings. The molecule has 0 saturated carbocycles. The molecule has 9 heavy (non-hydrogen) atoms. The standard InChI is InChI=1S/C6H10Cl3/c1-5(2,3)4-6(7,8)9/h1,4H2,2-3H3. The first-order valence-corrected chi connectivity index (χ1v) is 3.76. The van der Waals surface area contributed by atoms with E-state index in [1.807, 2.05) is 13.8 Å². The summed E-state index contributed by atoms with van der Waals surface area (Å²) in [5.74, 6) is 0. The minimum Gasteiger partial charge on any atom is -0.0837 e. The highest BCUT2D eigenvalue weighted by atomic mass is 35.6. The van der Waals surface area contributed by atoms with Crippen molar-refractivity contribution in [2.24, 2.45) is 5.41 Å². The Morgan fingerprint density at radius 2 is 1.56 bits per heavy atom. The van der Waals surface area contributed by atoms with Crippen LogP contribution in [0.5, 0.6) is 0 Å². The Hall–Kier alpha value is 0.870. The zero-order valence-corrected chi connectivity index (χ0v) is 7.82. The third kappa shape index (κ3) is 8.87. The van der Waals surface area contributed by atoms with Crippen LogP contribution >= 0.6 is 34.8 Å². The number of rotatable bonds is 1. The van der Waals surface area contributed by atoms with Crippen LogP contribution in [0.3, 0.4) is 0 Å². The van der Waals surface area contributed by atoms with E-state index in [2.05, 4.69) is 6.92 Å². The number of alkyl halides is 3. The molecule has 0 N–H and O–H groups in total. The van der Waals surface area contributed by atoms with E-state index in [0.717, 1.165) is 0 Å². The Bertz CT molecular complexity index is 73.5. The fourth-order valence-corrected chi connectivity index (χ4v) is 1.63. The Balaban J connectivity index is 3.75. The van der Waals surface area contributed by atoms with E-state index >= 15 is 0 Å². The molecule has 55 valence electrons. The summed E-state index contributed by atoms with van der Waals surface area (Å²) in [6.07, 6.45) is 0.477. The molecule has 0 spiro atoms. The van der Waals surface area contributed by atoms with Crippen LogP contribution < -0.4 is 0 Å². The molecular weight excluding hydrogens is 178 g/mol. The van der Waals surface area contributed by atoms with E-state index in [1.54, 1.807) is 0 Å². The highest BCUT2D eigenvalue weighted by Gasteiger charge is 2.27. The molecule has 0 aliphatic carbocycles. The van der Waals surface area contributed by atoms with Crippen molar-refractivity contribution in [3.05, 3.63) is 6.92 Å². The molecule has 0 unspecified atom stereocenters. The topological polar surface area (TPSA) is 0 Å². The van der Waals surface area contributed by atoms with Gasteiger partial charge >= 0.3 is 0 Å². The third-order valence-electron chi connectivity index (χ3n) is 0.679. The Morgan fingerprint density at radius 1 is 1.22 bits per heavy atom. The van der Waals surface area contributed by atoms with Crippen molar-refractivity contribution in [1.29, 1.82) is 0 Å². The lowest BCUT2D eigenvalue weighted by molar-refractivity contribution is 0.439. The van der Waals surface area contributed by atoms with Crippen LogP contribution in [-0.2, 0) is 0 Å². The number of halogens is 3. The smallest absolute Gasteiger partial charge is 0.0837 e. The van der Waals surface area contributed by atoms with E-state index in [4.69, 9.17) is 34.8 Å². The normalized spacial score (nSPS) is 14.0. The Morgan fingerprint density at radius 3 is 1.56 bits per heavy atom. The summed E-state index contributed by atoms with van der Waals surface area (Å²) in [6, 6.07) is 0. The largest absolute Gasteiger partial charge is 0.191 e. The SMILES string of the molecule is [CH2]C(C)(C)CC(Cl)(Cl)Cl. The first-order chi connectivity index (χ1) is 3.71. The molecule has 0 heterocycles. The molecule has 3 heteroatoms. The number of hydrogen-bond acceptors (Lipinski definition) is 0. The Labute approximate surface area is 71.5 Å². The molecule has 0 aromatic rings. The van der Waals surface area contributed by atoms with E-state index in [1.165, 1.54) is 0 Å². The van der Waals surface area contributed by atoms with Crippen molar-refractivity contribution < 1.29 is 0 Å². The zero-order valence-electron chi connectivity index (χ0n) is 5.55. The lowest BCUT2D eigenvalue weighted by Crippen LogP contribution is -2.16. The van der Waals surface area contributed by atoms with Gasteiger partial charge in [-0.3, -0.25) is 0 Å². The molecule has 1 radical (unpaired) electrons. The van der Waals surface area contributed by atoms with E-state index in [9.17, 15) is 0 Å². The Kier molecular flexibility index (Phi) is 3.13. The summed E-state index contributed by atoms with van der Waals surface area (Å²) in [5.41, 5.74) is -0.161. The van der Waals surface area contributed by atoms with Crippen molar-refractivity contribution in [1.82, 2.24) is 0 Å². The van der Waals surface area contributed by atoms with Crippen LogP contribution in [0.25, 0.3) is 0 Å². The molecule has 0 aliphatic heterocycles. The minimum absolute atomic E-state index is 0.161. The van der Waals surface area contributed by atoms with Crippen LogP contribution in [0.2, 0.25) is 0 Å². The minimum atomic E-state index is -1.16. The molecule has 0 aromatic carbocycles. The molecule has 0 bridgehead atoms. The van der Waals surface area contributed by atoms with E-state index in [-0.39, 0.29) is 5.41 Å². The van der Waals surface area contributed by atoms with Gasteiger partial charge in [0.2, 0.25) is 0 Å². The summed E-state index contributed by atoms with van der Waals surface area (Å²) < 4.78 is -1.16. The van der Waals surface area contributed by atoms with Crippen LogP contribution in [0.1, 0.15) is 20.3 Å². The van der Waals surface area contributed by atoms with Gasteiger partial charge in [-0.25, -0.2) is 0 Å². The van der Waals surface area contributed by atoms with Crippen LogP contribution in [0.15, 0.2) is 0 Å². The third-order valence-corrected chi connectivity index (χ3v) is 1.08. The van der Waals surface area contributed by atoms with Gasteiger partial charge in [0.1, 0.15) is 0 Å². The number of hydrogen-bond donors (Lipinski definition) is 0. The average molecular weight is 189 g/mol. The summed E-state index contributed by atoms with van der Waals surface area (Å²) in [6.45, 7) is 7.65. The van der Waals surface area contributed by atoms with Crippen molar-refractivity contribution in [3.63, 3.8) is 0 Å². The first kappa shape index (κ1) is 9.87. The fourth-order valence-electron chi connectivity index (χ4n) is 0.543. The maximum Gasteiger partial charge on any atom is 0.191 e. The highest BCUT2D eigenvalue weighted by Crippen LogP contribution is 2.38. The fraction of sp³-hybridized carbons (Fsp3) is 0.833. The molecule has 0 rings (SSSR count). The quantitative estimate of drug-likeness (QED) is 0.552. The summed E-state index contributed by atoms with van der Waals surface area (Å²) in [4.78, 5) is 0. The van der Waals surface area contributed by atoms with Crippen LogP contribution in [0, 0.1) is 12.3 Å². The van der Waals surface area contributed by atoms with Gasteiger partial charge in [-0.05, 0) is 18.8 Å². The predicted molar refractivity (Wildman–Crippen MR) is 44.0 cm³/mol. The van der Waals surface area contributed by atoms with Gasteiger partial charge in [0.25, 0.3) is 0 Å². The van der Waals surface area contributed by atoms with E-state index < -0.39 is 3.79 Å². The molecule has 0 saturated heterocycles. The van der Waals surface area contributed by atoms with Gasteiger partial charge in [-0.15, -0.1) is 0 Å². The molecule has 0 nitrogen and oxygen atoms in total. The van der Waals surface area contributed by atoms with Crippen molar-refractivity contribution in [2.45, 2.75) is 24.1 Å². The molecule has 0 amide bonds. The van der Waals surface area contributed by atoms with Gasteiger partial charge in [-0.1, -0.05) is 48.7 Å². The van der Waals surface area contributed by atoms with Gasteiger partial charge in [0, 0.05) is 0 Å². The van der Waals surface area contributed by atoms with Crippen LogP contribution in [-0.4, -0.2) is 3.79 Å². The highest BCUT2D eigenvalue weighted by molar-refractivity contribution is 6.67. The average Bonchev–Trinajstić information content (AvgIpc) is 1.14. The summed E-state index contributed by atoms with van der Waals surface area (Å²) in [7, 11) is 0. The molecule has 0 aliphatic rings. The monoisotopic (exact) mass is 187 g/mol. The predicted octanol–water partition coefficient (Wildman–Crippen LogP) is 3.61. The van der Waals surface area contributed by atoms with Gasteiger partial charge in [0.15, 0.2) is 3.79 Å². The van der Waals surface area contributed by atoms with Gasteiger partial charge < -0.3 is 0 Å². The van der Waals surface area contributed by atoms with Crippen LogP contribution in [0.4, 0.5) is 0 Å². The maximum atomic E-state index is 5.51. The lowest BCUT2D eigenvalue weighted by atomic mass is 9.93. The molecule has 0 aromatic heterocycles. The maximum absolute atomic E-state index is 5.51. The lowest BCUT2D eigenvalue weighted by Gasteiger charge is -2.22. The van der Waals surface area contributed by atoms with Crippen molar-refractivity contribution >= 4 is 34.8 Å². The second-order valence-electron chi connectivity index (χ2n) is 2.96.